The lowest BCUT2D eigenvalue weighted by molar-refractivity contribution is -0.155. The predicted molar refractivity (Wildman–Crippen MR) is 99.3 cm³/mol. The van der Waals surface area contributed by atoms with Crippen LogP contribution in [0, 0.1) is 35.5 Å². The van der Waals surface area contributed by atoms with Gasteiger partial charge in [-0.3, -0.25) is 0 Å². The van der Waals surface area contributed by atoms with Crippen LogP contribution in [-0.4, -0.2) is 35.2 Å². The molecule has 0 aromatic heterocycles. The average Bonchev–Trinajstić information content (AvgIpc) is 2.95. The summed E-state index contributed by atoms with van der Waals surface area (Å²) in [5, 5.41) is 10.8. The molecule has 7 atom stereocenters. The van der Waals surface area contributed by atoms with Crippen molar-refractivity contribution in [2.45, 2.75) is 50.5 Å². The van der Waals surface area contributed by atoms with Gasteiger partial charge in [0.05, 0.1) is 5.60 Å². The monoisotopic (exact) mass is 337 g/mol. The van der Waals surface area contributed by atoms with E-state index >= 15 is 0 Å². The van der Waals surface area contributed by atoms with E-state index in [4.69, 9.17) is 0 Å². The number of hydrogen-bond donors (Lipinski definition) is 1. The van der Waals surface area contributed by atoms with E-state index in [1.54, 1.807) is 11.1 Å². The molecule has 6 aliphatic rings. The van der Waals surface area contributed by atoms with Crippen LogP contribution in [0.1, 0.15) is 43.2 Å². The van der Waals surface area contributed by atoms with Gasteiger partial charge in [0.2, 0.25) is 0 Å². The molecule has 1 saturated heterocycles. The van der Waals surface area contributed by atoms with Gasteiger partial charge in [-0.15, -0.1) is 0 Å². The molecule has 134 valence electrons. The third-order valence-corrected chi connectivity index (χ3v) is 8.64. The van der Waals surface area contributed by atoms with E-state index < -0.39 is 0 Å². The van der Waals surface area contributed by atoms with Gasteiger partial charge in [-0.1, -0.05) is 24.3 Å². The molecule has 5 aliphatic carbocycles. The second-order valence-electron chi connectivity index (χ2n) is 10.3. The van der Waals surface area contributed by atoms with E-state index in [1.165, 1.54) is 45.3 Å². The van der Waals surface area contributed by atoms with Gasteiger partial charge in [-0.05, 0) is 91.6 Å². The average molecular weight is 338 g/mol. The standard InChI is InChI=1S/C23H31NO/c25-23-9-15-5-18(10-23)22(19(6-15)11-23)14-24-12-20-7-16-3-1-2-4-17(16)8-21(20)13-24/h1-4,15,18-22,25H,5-14H2/t15?,18-,19+,20-,21+,22-,23+. The number of benzene rings is 1. The van der Waals surface area contributed by atoms with Crippen LogP contribution in [0.5, 0.6) is 0 Å². The van der Waals surface area contributed by atoms with Crippen molar-refractivity contribution in [1.29, 1.82) is 0 Å². The van der Waals surface area contributed by atoms with Crippen molar-refractivity contribution in [2.75, 3.05) is 19.6 Å². The lowest BCUT2D eigenvalue weighted by atomic mass is 9.50. The van der Waals surface area contributed by atoms with Gasteiger partial charge in [0.25, 0.3) is 0 Å². The lowest BCUT2D eigenvalue weighted by Gasteiger charge is -2.58. The summed E-state index contributed by atoms with van der Waals surface area (Å²) in [5.41, 5.74) is 2.96. The Balaban J connectivity index is 1.16. The molecule has 25 heavy (non-hydrogen) atoms. The molecule has 1 aliphatic heterocycles. The SMILES string of the molecule is O[C@@]12CC3C[C@H](C1)[C@@H](CN1C[C@H]4Cc5ccccc5C[C@H]4C1)[C@@H](C3)C2. The molecular weight excluding hydrogens is 306 g/mol. The minimum atomic E-state index is -0.270. The van der Waals surface area contributed by atoms with Gasteiger partial charge in [-0.2, -0.15) is 0 Å². The van der Waals surface area contributed by atoms with Gasteiger partial charge in [0, 0.05) is 19.6 Å². The fourth-order valence-corrected chi connectivity index (χ4v) is 7.85. The molecule has 1 heterocycles. The Morgan fingerprint density at radius 2 is 1.48 bits per heavy atom. The second-order valence-corrected chi connectivity index (χ2v) is 10.3. The van der Waals surface area contributed by atoms with Crippen LogP contribution < -0.4 is 0 Å². The van der Waals surface area contributed by atoms with E-state index in [0.717, 1.165) is 54.8 Å². The minimum absolute atomic E-state index is 0.270. The molecule has 0 amide bonds. The zero-order chi connectivity index (χ0) is 16.6. The first-order valence-corrected chi connectivity index (χ1v) is 10.7. The van der Waals surface area contributed by atoms with E-state index in [0.29, 0.717) is 0 Å². The number of nitrogens with zero attached hydrogens (tertiary/aromatic N) is 1. The first-order chi connectivity index (χ1) is 12.2. The number of fused-ring (bicyclic) bond motifs is 2. The van der Waals surface area contributed by atoms with Gasteiger partial charge >= 0.3 is 0 Å². The number of rotatable bonds is 2. The number of likely N-dealkylation sites (tertiary alicyclic amines) is 1. The summed E-state index contributed by atoms with van der Waals surface area (Å²) in [6, 6.07) is 9.13. The molecular formula is C23H31NO. The van der Waals surface area contributed by atoms with Gasteiger partial charge in [0.1, 0.15) is 0 Å². The first-order valence-electron chi connectivity index (χ1n) is 10.7. The molecule has 0 spiro atoms. The Hall–Kier alpha value is -0.860. The maximum absolute atomic E-state index is 10.8. The third kappa shape index (κ3) is 2.44. The highest BCUT2D eigenvalue weighted by Crippen LogP contribution is 2.58. The molecule has 1 aromatic rings. The topological polar surface area (TPSA) is 23.5 Å². The van der Waals surface area contributed by atoms with Gasteiger partial charge in [-0.25, -0.2) is 0 Å². The van der Waals surface area contributed by atoms with Gasteiger partial charge < -0.3 is 10.0 Å². The summed E-state index contributed by atoms with van der Waals surface area (Å²) < 4.78 is 0. The van der Waals surface area contributed by atoms with Crippen LogP contribution in [-0.2, 0) is 12.8 Å². The summed E-state index contributed by atoms with van der Waals surface area (Å²) in [4.78, 5) is 2.82. The third-order valence-electron chi connectivity index (χ3n) is 8.64. The molecule has 4 saturated carbocycles. The van der Waals surface area contributed by atoms with E-state index in [1.807, 2.05) is 0 Å². The van der Waals surface area contributed by atoms with Crippen molar-refractivity contribution in [2.24, 2.45) is 35.5 Å². The highest BCUT2D eigenvalue weighted by atomic mass is 16.3. The van der Waals surface area contributed by atoms with Crippen LogP contribution in [0.2, 0.25) is 0 Å². The summed E-state index contributed by atoms with van der Waals surface area (Å²) in [7, 11) is 0. The van der Waals surface area contributed by atoms with Crippen molar-refractivity contribution in [3.05, 3.63) is 35.4 Å². The summed E-state index contributed by atoms with van der Waals surface area (Å²) in [6.45, 7) is 3.97. The number of hydrogen-bond acceptors (Lipinski definition) is 2. The molecule has 2 nitrogen and oxygen atoms in total. The normalized spacial score (nSPS) is 47.7. The number of aliphatic hydroxyl groups is 1. The van der Waals surface area contributed by atoms with E-state index in [-0.39, 0.29) is 5.60 Å². The van der Waals surface area contributed by atoms with Crippen LogP contribution in [0.15, 0.2) is 24.3 Å². The minimum Gasteiger partial charge on any atom is -0.390 e. The molecule has 5 fully saturated rings. The van der Waals surface area contributed by atoms with Crippen molar-refractivity contribution in [3.63, 3.8) is 0 Å². The quantitative estimate of drug-likeness (QED) is 0.892. The van der Waals surface area contributed by atoms with E-state index in [9.17, 15) is 5.11 Å². The van der Waals surface area contributed by atoms with Crippen molar-refractivity contribution in [3.8, 4) is 0 Å². The molecule has 2 heteroatoms. The van der Waals surface area contributed by atoms with Crippen LogP contribution in [0.25, 0.3) is 0 Å². The van der Waals surface area contributed by atoms with Crippen LogP contribution >= 0.6 is 0 Å². The Labute approximate surface area is 151 Å². The molecule has 1 aromatic carbocycles. The lowest BCUT2D eigenvalue weighted by Crippen LogP contribution is -2.56. The summed E-state index contributed by atoms with van der Waals surface area (Å²) in [6.07, 6.45) is 8.76. The summed E-state index contributed by atoms with van der Waals surface area (Å²) in [5.74, 6) is 5.12. The molecule has 4 bridgehead atoms. The van der Waals surface area contributed by atoms with Crippen molar-refractivity contribution >= 4 is 0 Å². The maximum atomic E-state index is 10.8. The largest absolute Gasteiger partial charge is 0.390 e. The van der Waals surface area contributed by atoms with Crippen molar-refractivity contribution < 1.29 is 5.11 Å². The Kier molecular flexibility index (Phi) is 3.24. The van der Waals surface area contributed by atoms with Crippen molar-refractivity contribution in [1.82, 2.24) is 4.90 Å². The molecule has 0 radical (unpaired) electrons. The van der Waals surface area contributed by atoms with E-state index in [2.05, 4.69) is 29.2 Å². The molecule has 1 unspecified atom stereocenters. The zero-order valence-corrected chi connectivity index (χ0v) is 15.2. The Morgan fingerprint density at radius 3 is 2.04 bits per heavy atom. The van der Waals surface area contributed by atoms with Crippen LogP contribution in [0.3, 0.4) is 0 Å². The predicted octanol–water partition coefficient (Wildman–Crippen LogP) is 3.52. The zero-order valence-electron chi connectivity index (χ0n) is 15.2. The molecule has 1 N–H and O–H groups in total. The first kappa shape index (κ1) is 15.2. The Bertz CT molecular complexity index is 635. The van der Waals surface area contributed by atoms with Gasteiger partial charge in [0.15, 0.2) is 0 Å². The highest BCUT2D eigenvalue weighted by Gasteiger charge is 2.55. The van der Waals surface area contributed by atoms with Crippen LogP contribution in [0.4, 0.5) is 0 Å². The maximum Gasteiger partial charge on any atom is 0.0656 e. The summed E-state index contributed by atoms with van der Waals surface area (Å²) >= 11 is 0. The smallest absolute Gasteiger partial charge is 0.0656 e. The molecule has 7 rings (SSSR count). The second kappa shape index (κ2) is 5.33. The fraction of sp³-hybridized carbons (Fsp3) is 0.739. The Morgan fingerprint density at radius 1 is 0.880 bits per heavy atom. The fourth-order valence-electron chi connectivity index (χ4n) is 7.85. The highest BCUT2D eigenvalue weighted by molar-refractivity contribution is 5.31.